The summed E-state index contributed by atoms with van der Waals surface area (Å²) in [5, 5.41) is 2.77. The number of amidine groups is 1. The number of nitrogens with zero attached hydrogens (tertiary/aromatic N) is 2. The normalized spacial score (nSPS) is 15.5. The maximum Gasteiger partial charge on any atom is 0.286 e. The van der Waals surface area contributed by atoms with Gasteiger partial charge in [-0.2, -0.15) is 8.42 Å². The Labute approximate surface area is 149 Å². The number of fused-ring (bicyclic) bond motifs is 1. The average molecular weight is 367 g/mol. The van der Waals surface area contributed by atoms with Crippen LogP contribution < -0.4 is 10.2 Å². The van der Waals surface area contributed by atoms with Crippen molar-refractivity contribution in [3.05, 3.63) is 23.8 Å². The molecule has 8 heteroatoms. The third-order valence-electron chi connectivity index (χ3n) is 3.84. The van der Waals surface area contributed by atoms with Crippen molar-refractivity contribution in [2.24, 2.45) is 4.40 Å². The lowest BCUT2D eigenvalue weighted by Crippen LogP contribution is -2.35. The molecule has 1 aliphatic heterocycles. The monoisotopic (exact) mass is 367 g/mol. The highest BCUT2D eigenvalue weighted by Crippen LogP contribution is 2.32. The highest BCUT2D eigenvalue weighted by Gasteiger charge is 2.29. The number of rotatable bonds is 8. The second-order valence-corrected chi connectivity index (χ2v) is 7.33. The van der Waals surface area contributed by atoms with Crippen LogP contribution in [0, 0.1) is 0 Å². The van der Waals surface area contributed by atoms with Crippen molar-refractivity contribution in [1.29, 1.82) is 0 Å². The molecular formula is C17H25N3O4S. The Hall–Kier alpha value is -1.93. The molecule has 0 radical (unpaired) electrons. The molecule has 0 fully saturated rings. The van der Waals surface area contributed by atoms with E-state index < -0.39 is 10.0 Å². The Balaban J connectivity index is 2.20. The number of hydrogen-bond donors (Lipinski definition) is 1. The van der Waals surface area contributed by atoms with E-state index in [-0.39, 0.29) is 10.8 Å². The summed E-state index contributed by atoms with van der Waals surface area (Å²) in [6, 6.07) is 4.73. The Morgan fingerprint density at radius 1 is 1.32 bits per heavy atom. The van der Waals surface area contributed by atoms with Crippen molar-refractivity contribution in [2.75, 3.05) is 31.2 Å². The maximum atomic E-state index is 12.4. The van der Waals surface area contributed by atoms with Crippen molar-refractivity contribution in [2.45, 2.75) is 38.5 Å². The SMILES string of the molecule is CCCN1C(C)=NS(=O)(=O)c2cc(C(=O)NCCCOCC)ccc21. The molecule has 1 aliphatic rings. The van der Waals surface area contributed by atoms with Crippen molar-refractivity contribution in [3.63, 3.8) is 0 Å². The first kappa shape index (κ1) is 19.4. The molecule has 0 saturated carbocycles. The molecule has 7 nitrogen and oxygen atoms in total. The van der Waals surface area contributed by atoms with Crippen LogP contribution in [0.4, 0.5) is 5.69 Å². The summed E-state index contributed by atoms with van der Waals surface area (Å²) in [7, 11) is -3.78. The van der Waals surface area contributed by atoms with E-state index in [1.165, 1.54) is 6.07 Å². The maximum absolute atomic E-state index is 12.4. The minimum absolute atomic E-state index is 0.0773. The number of carbonyl (C=O) groups is 1. The highest BCUT2D eigenvalue weighted by molar-refractivity contribution is 7.90. The zero-order chi connectivity index (χ0) is 18.4. The van der Waals surface area contributed by atoms with E-state index >= 15 is 0 Å². The quantitative estimate of drug-likeness (QED) is 0.712. The minimum atomic E-state index is -3.78. The van der Waals surface area contributed by atoms with E-state index in [9.17, 15) is 13.2 Å². The molecule has 2 rings (SSSR count). The van der Waals surface area contributed by atoms with Gasteiger partial charge in [0.2, 0.25) is 0 Å². The summed E-state index contributed by atoms with van der Waals surface area (Å²) in [6.45, 7) is 7.97. The lowest BCUT2D eigenvalue weighted by atomic mass is 10.1. The molecule has 0 bridgehead atoms. The van der Waals surface area contributed by atoms with E-state index in [1.54, 1.807) is 19.1 Å². The second-order valence-electron chi connectivity index (χ2n) is 5.75. The number of hydrogen-bond acceptors (Lipinski definition) is 5. The number of benzene rings is 1. The highest BCUT2D eigenvalue weighted by atomic mass is 32.2. The summed E-state index contributed by atoms with van der Waals surface area (Å²) in [5.41, 5.74) is 0.882. The minimum Gasteiger partial charge on any atom is -0.382 e. The van der Waals surface area contributed by atoms with E-state index in [0.29, 0.717) is 49.8 Å². The van der Waals surface area contributed by atoms with Gasteiger partial charge in [-0.3, -0.25) is 4.79 Å². The molecule has 138 valence electrons. The van der Waals surface area contributed by atoms with Gasteiger partial charge >= 0.3 is 0 Å². The average Bonchev–Trinajstić information content (AvgIpc) is 2.57. The molecule has 0 aliphatic carbocycles. The third kappa shape index (κ3) is 4.58. The molecule has 1 heterocycles. The van der Waals surface area contributed by atoms with Crippen LogP contribution in [-0.2, 0) is 14.8 Å². The molecule has 1 N–H and O–H groups in total. The molecule has 0 saturated heterocycles. The van der Waals surface area contributed by atoms with Gasteiger partial charge in [-0.25, -0.2) is 0 Å². The van der Waals surface area contributed by atoms with Crippen molar-refractivity contribution in [3.8, 4) is 0 Å². The molecule has 0 spiro atoms. The van der Waals surface area contributed by atoms with Gasteiger partial charge in [0, 0.05) is 31.9 Å². The fourth-order valence-electron chi connectivity index (χ4n) is 2.66. The first-order valence-electron chi connectivity index (χ1n) is 8.49. The predicted molar refractivity (Wildman–Crippen MR) is 97.8 cm³/mol. The first-order valence-corrected chi connectivity index (χ1v) is 9.93. The largest absolute Gasteiger partial charge is 0.382 e. The topological polar surface area (TPSA) is 88.1 Å². The van der Waals surface area contributed by atoms with Crippen molar-refractivity contribution < 1.29 is 17.9 Å². The molecule has 1 aromatic rings. The van der Waals surface area contributed by atoms with E-state index in [1.807, 2.05) is 18.7 Å². The van der Waals surface area contributed by atoms with Crippen LogP contribution in [0.2, 0.25) is 0 Å². The van der Waals surface area contributed by atoms with Crippen LogP contribution in [0.3, 0.4) is 0 Å². The fraction of sp³-hybridized carbons (Fsp3) is 0.529. The van der Waals surface area contributed by atoms with Crippen LogP contribution in [-0.4, -0.2) is 46.5 Å². The van der Waals surface area contributed by atoms with E-state index in [0.717, 1.165) is 6.42 Å². The van der Waals surface area contributed by atoms with Crippen molar-refractivity contribution in [1.82, 2.24) is 5.32 Å². The van der Waals surface area contributed by atoms with Gasteiger partial charge in [0.1, 0.15) is 10.7 Å². The fourth-order valence-corrected chi connectivity index (χ4v) is 3.92. The molecule has 1 amide bonds. The van der Waals surface area contributed by atoms with Gasteiger partial charge in [0.25, 0.3) is 15.9 Å². The number of ether oxygens (including phenoxy) is 1. The van der Waals surface area contributed by atoms with Gasteiger partial charge in [-0.05, 0) is 44.9 Å². The lowest BCUT2D eigenvalue weighted by Gasteiger charge is -2.29. The van der Waals surface area contributed by atoms with Gasteiger partial charge < -0.3 is 15.0 Å². The van der Waals surface area contributed by atoms with Crippen LogP contribution in [0.25, 0.3) is 0 Å². The van der Waals surface area contributed by atoms with Crippen LogP contribution >= 0.6 is 0 Å². The van der Waals surface area contributed by atoms with E-state index in [4.69, 9.17) is 4.74 Å². The second kappa shape index (κ2) is 8.44. The molecular weight excluding hydrogens is 342 g/mol. The van der Waals surface area contributed by atoms with Gasteiger partial charge in [0.05, 0.1) is 5.69 Å². The summed E-state index contributed by atoms with van der Waals surface area (Å²) in [5.74, 6) is 0.144. The summed E-state index contributed by atoms with van der Waals surface area (Å²) in [4.78, 5) is 14.2. The van der Waals surface area contributed by atoms with Crippen LogP contribution in [0.5, 0.6) is 0 Å². The predicted octanol–water partition coefficient (Wildman–Crippen LogP) is 2.18. The van der Waals surface area contributed by atoms with Gasteiger partial charge in [0.15, 0.2) is 0 Å². The zero-order valence-electron chi connectivity index (χ0n) is 14.9. The molecule has 1 aromatic carbocycles. The Bertz CT molecular complexity index is 759. The number of sulfonamides is 1. The Morgan fingerprint density at radius 2 is 2.08 bits per heavy atom. The van der Waals surface area contributed by atoms with Gasteiger partial charge in [-0.1, -0.05) is 6.92 Å². The summed E-state index contributed by atoms with van der Waals surface area (Å²) in [6.07, 6.45) is 1.56. The molecule has 25 heavy (non-hydrogen) atoms. The summed E-state index contributed by atoms with van der Waals surface area (Å²) >= 11 is 0. The van der Waals surface area contributed by atoms with Gasteiger partial charge in [-0.15, -0.1) is 4.40 Å². The number of amides is 1. The Kier molecular flexibility index (Phi) is 6.55. The zero-order valence-corrected chi connectivity index (χ0v) is 15.7. The number of anilines is 1. The Morgan fingerprint density at radius 3 is 2.76 bits per heavy atom. The first-order chi connectivity index (χ1) is 11.9. The molecule has 0 atom stereocenters. The molecule has 0 unspecified atom stereocenters. The lowest BCUT2D eigenvalue weighted by molar-refractivity contribution is 0.0944. The van der Waals surface area contributed by atoms with Crippen molar-refractivity contribution >= 4 is 27.5 Å². The number of carbonyl (C=O) groups excluding carboxylic acids is 1. The standard InChI is InChI=1S/C17H25N3O4S/c1-4-10-20-13(3)19-25(22,23)16-12-14(7-8-15(16)20)17(21)18-9-6-11-24-5-2/h7-8,12H,4-6,9-11H2,1-3H3,(H,18,21). The molecule has 0 aromatic heterocycles. The number of nitrogens with one attached hydrogen (secondary N) is 1. The smallest absolute Gasteiger partial charge is 0.286 e. The van der Waals surface area contributed by atoms with E-state index in [2.05, 4.69) is 9.71 Å². The third-order valence-corrected chi connectivity index (χ3v) is 5.22. The van der Waals surface area contributed by atoms with Crippen LogP contribution in [0.1, 0.15) is 44.0 Å². The summed E-state index contributed by atoms with van der Waals surface area (Å²) < 4.78 is 33.8. The van der Waals surface area contributed by atoms with Crippen LogP contribution in [0.15, 0.2) is 27.5 Å².